The average molecular weight is 454 g/mol. The van der Waals surface area contributed by atoms with Crippen LogP contribution in [0.2, 0.25) is 0 Å². The summed E-state index contributed by atoms with van der Waals surface area (Å²) in [6, 6.07) is -0.310. The van der Waals surface area contributed by atoms with Crippen LogP contribution in [0.1, 0.15) is 53.6 Å². The Morgan fingerprint density at radius 2 is 1.77 bits per heavy atom. The molecule has 2 N–H and O–H groups in total. The quantitative estimate of drug-likeness (QED) is 0.679. The fourth-order valence-corrected chi connectivity index (χ4v) is 4.42. The number of halogens is 6. The monoisotopic (exact) mass is 454 g/mol. The fraction of sp³-hybridized carbons (Fsp3) is 0.650. The Labute approximate surface area is 175 Å². The molecule has 0 spiro atoms. The van der Waals surface area contributed by atoms with Crippen molar-refractivity contribution in [2.75, 3.05) is 20.2 Å². The molecule has 0 aromatic heterocycles. The molecular formula is C20H24F6N2O3. The minimum atomic E-state index is -5.19. The lowest BCUT2D eigenvalue weighted by molar-refractivity contribution is -0.143. The smallest absolute Gasteiger partial charge is 0.417 e. The number of carbonyl (C=O) groups excluding carboxylic acids is 1. The molecule has 1 amide bonds. The predicted molar refractivity (Wildman–Crippen MR) is 98.7 cm³/mol. The molecule has 5 nitrogen and oxygen atoms in total. The number of hydrogen-bond acceptors (Lipinski definition) is 4. The van der Waals surface area contributed by atoms with Crippen molar-refractivity contribution in [2.45, 2.75) is 62.6 Å². The third kappa shape index (κ3) is 5.25. The number of ether oxygens (including phenoxy) is 1. The highest BCUT2D eigenvalue weighted by Crippen LogP contribution is 2.41. The molecule has 3 unspecified atom stereocenters. The molecule has 0 radical (unpaired) electrons. The highest BCUT2D eigenvalue weighted by molar-refractivity contribution is 5.99. The van der Waals surface area contributed by atoms with Gasteiger partial charge in [0.2, 0.25) is 0 Å². The van der Waals surface area contributed by atoms with E-state index in [1.165, 1.54) is 0 Å². The van der Waals surface area contributed by atoms with Gasteiger partial charge in [-0.1, -0.05) is 12.8 Å². The number of hydrogen-bond donors (Lipinski definition) is 2. The van der Waals surface area contributed by atoms with Crippen LogP contribution in [-0.2, 0) is 12.4 Å². The van der Waals surface area contributed by atoms with Crippen LogP contribution in [0.3, 0.4) is 0 Å². The molecule has 1 aliphatic heterocycles. The molecule has 1 aromatic carbocycles. The lowest BCUT2D eigenvalue weighted by atomic mass is 9.88. The maximum absolute atomic E-state index is 13.6. The summed E-state index contributed by atoms with van der Waals surface area (Å²) < 4.78 is 84.8. The normalized spacial score (nSPS) is 25.5. The molecule has 3 rings (SSSR count). The Balaban J connectivity index is 1.94. The minimum absolute atomic E-state index is 0.0629. The summed E-state index contributed by atoms with van der Waals surface area (Å²) in [6.07, 6.45) is -7.29. The molecule has 1 aromatic rings. The number of carbonyl (C=O) groups is 1. The molecule has 2 aliphatic rings. The van der Waals surface area contributed by atoms with Gasteiger partial charge in [0.15, 0.2) is 0 Å². The first-order valence-electron chi connectivity index (χ1n) is 10.0. The lowest BCUT2D eigenvalue weighted by Gasteiger charge is -2.38. The first kappa shape index (κ1) is 23.6. The van der Waals surface area contributed by atoms with Gasteiger partial charge in [-0.3, -0.25) is 9.69 Å². The summed E-state index contributed by atoms with van der Waals surface area (Å²) >= 11 is 0. The average Bonchev–Trinajstić information content (AvgIpc) is 3.12. The van der Waals surface area contributed by atoms with Crippen molar-refractivity contribution >= 4 is 5.91 Å². The number of alkyl halides is 6. The van der Waals surface area contributed by atoms with Gasteiger partial charge in [-0.05, 0) is 31.4 Å². The van der Waals surface area contributed by atoms with Crippen molar-refractivity contribution in [1.29, 1.82) is 0 Å². The van der Waals surface area contributed by atoms with Gasteiger partial charge < -0.3 is 15.2 Å². The second-order valence-corrected chi connectivity index (χ2v) is 7.97. The van der Waals surface area contributed by atoms with Gasteiger partial charge in [-0.15, -0.1) is 0 Å². The van der Waals surface area contributed by atoms with Crippen LogP contribution < -0.4 is 10.1 Å². The lowest BCUT2D eigenvalue weighted by Crippen LogP contribution is -2.53. The molecule has 1 saturated carbocycles. The van der Waals surface area contributed by atoms with Crippen molar-refractivity contribution in [1.82, 2.24) is 10.2 Å². The molecule has 0 bridgehead atoms. The van der Waals surface area contributed by atoms with Crippen molar-refractivity contribution in [3.05, 3.63) is 28.8 Å². The molecule has 1 heterocycles. The third-order valence-electron chi connectivity index (χ3n) is 5.89. The second kappa shape index (κ2) is 8.85. The number of likely N-dealkylation sites (tertiary alicyclic amines) is 1. The van der Waals surface area contributed by atoms with Crippen LogP contribution in [0.5, 0.6) is 5.75 Å². The van der Waals surface area contributed by atoms with Crippen LogP contribution in [-0.4, -0.2) is 54.3 Å². The number of aliphatic hydroxyl groups is 1. The van der Waals surface area contributed by atoms with Crippen LogP contribution in [0, 0.1) is 0 Å². The zero-order chi connectivity index (χ0) is 23.0. The maximum Gasteiger partial charge on any atom is 0.417 e. The number of rotatable bonds is 4. The fourth-order valence-electron chi connectivity index (χ4n) is 4.42. The number of benzene rings is 1. The summed E-state index contributed by atoms with van der Waals surface area (Å²) in [7, 11) is 0.918. The van der Waals surface area contributed by atoms with E-state index in [0.29, 0.717) is 38.4 Å². The van der Waals surface area contributed by atoms with Crippen molar-refractivity contribution in [3.8, 4) is 5.75 Å². The Bertz CT molecular complexity index is 811. The highest BCUT2D eigenvalue weighted by atomic mass is 19.4. The Hall–Kier alpha value is -2.01. The van der Waals surface area contributed by atoms with Gasteiger partial charge in [0.25, 0.3) is 5.91 Å². The summed E-state index contributed by atoms with van der Waals surface area (Å²) in [6.45, 7) is 1.02. The van der Waals surface area contributed by atoms with Crippen LogP contribution >= 0.6 is 0 Å². The first-order chi connectivity index (χ1) is 14.4. The van der Waals surface area contributed by atoms with E-state index in [0.717, 1.165) is 20.0 Å². The molecule has 2 fully saturated rings. The zero-order valence-corrected chi connectivity index (χ0v) is 16.8. The van der Waals surface area contributed by atoms with Gasteiger partial charge in [-0.25, -0.2) is 0 Å². The standard InChI is InChI=1S/C20H24F6N2O3/c1-31-16-9-11(19(21,22)23)8-13(20(24,25)26)17(16)18(30)27-14-4-2-3-5-15(14)28-7-6-12(29)10-28/h8-9,12,14-15,29H,2-7,10H2,1H3,(H,27,30). The second-order valence-electron chi connectivity index (χ2n) is 7.97. The number of nitrogens with one attached hydrogen (secondary N) is 1. The molecule has 3 atom stereocenters. The number of amides is 1. The zero-order valence-electron chi connectivity index (χ0n) is 16.8. The van der Waals surface area contributed by atoms with Gasteiger partial charge >= 0.3 is 12.4 Å². The van der Waals surface area contributed by atoms with E-state index in [1.807, 2.05) is 4.90 Å². The summed E-state index contributed by atoms with van der Waals surface area (Å²) in [5, 5.41) is 12.4. The van der Waals surface area contributed by atoms with E-state index >= 15 is 0 Å². The molecule has 174 valence electrons. The largest absolute Gasteiger partial charge is 0.496 e. The third-order valence-corrected chi connectivity index (χ3v) is 5.89. The first-order valence-corrected chi connectivity index (χ1v) is 10.0. The van der Waals surface area contributed by atoms with Crippen molar-refractivity contribution < 1.29 is 41.0 Å². The van der Waals surface area contributed by atoms with E-state index in [9.17, 15) is 36.2 Å². The molecule has 1 aliphatic carbocycles. The summed E-state index contributed by atoms with van der Waals surface area (Å²) in [4.78, 5) is 14.9. The maximum atomic E-state index is 13.6. The van der Waals surface area contributed by atoms with Gasteiger partial charge in [0.05, 0.1) is 29.9 Å². The van der Waals surface area contributed by atoms with Gasteiger partial charge in [0, 0.05) is 25.2 Å². The van der Waals surface area contributed by atoms with E-state index in [1.54, 1.807) is 0 Å². The Morgan fingerprint density at radius 1 is 1.10 bits per heavy atom. The molecule has 11 heteroatoms. The summed E-state index contributed by atoms with van der Waals surface area (Å²) in [5.41, 5.74) is -4.20. The number of aliphatic hydroxyl groups excluding tert-OH is 1. The van der Waals surface area contributed by atoms with E-state index in [2.05, 4.69) is 5.32 Å². The molecule has 31 heavy (non-hydrogen) atoms. The van der Waals surface area contributed by atoms with E-state index < -0.39 is 52.8 Å². The minimum Gasteiger partial charge on any atom is -0.496 e. The van der Waals surface area contributed by atoms with Gasteiger partial charge in [0.1, 0.15) is 5.75 Å². The Morgan fingerprint density at radius 3 is 2.32 bits per heavy atom. The Kier molecular flexibility index (Phi) is 6.75. The SMILES string of the molecule is COc1cc(C(F)(F)F)cc(C(F)(F)F)c1C(=O)NC1CCCCC1N1CCC(O)C1. The van der Waals surface area contributed by atoms with E-state index in [-0.39, 0.29) is 12.1 Å². The molecule has 1 saturated heterocycles. The van der Waals surface area contributed by atoms with E-state index in [4.69, 9.17) is 4.74 Å². The van der Waals surface area contributed by atoms with Crippen LogP contribution in [0.15, 0.2) is 12.1 Å². The topological polar surface area (TPSA) is 61.8 Å². The van der Waals surface area contributed by atoms with Crippen LogP contribution in [0.25, 0.3) is 0 Å². The van der Waals surface area contributed by atoms with Crippen molar-refractivity contribution in [3.63, 3.8) is 0 Å². The number of nitrogens with zero attached hydrogens (tertiary/aromatic N) is 1. The number of β-amino-alcohol motifs (C(OH)–C–C–N with tert-alkyl or cyclic N) is 1. The predicted octanol–water partition coefficient (Wildman–Crippen LogP) is 3.84. The number of methoxy groups -OCH3 is 1. The van der Waals surface area contributed by atoms with Gasteiger partial charge in [-0.2, -0.15) is 26.3 Å². The summed E-state index contributed by atoms with van der Waals surface area (Å²) in [5.74, 6) is -1.92. The van der Waals surface area contributed by atoms with Crippen molar-refractivity contribution in [2.24, 2.45) is 0 Å². The molecular weight excluding hydrogens is 430 g/mol. The van der Waals surface area contributed by atoms with Crippen LogP contribution in [0.4, 0.5) is 26.3 Å². The highest BCUT2D eigenvalue weighted by Gasteiger charge is 2.43.